The molecule has 4 rings (SSSR count). The number of rotatable bonds is 3. The number of nitrogens with zero attached hydrogens (tertiary/aromatic N) is 1. The van der Waals surface area contributed by atoms with Crippen LogP contribution in [0, 0.1) is 6.07 Å². The molecule has 0 atom stereocenters. The maximum Gasteiger partial charge on any atom is 0.416 e. The monoisotopic (exact) mass is 445 g/mol. The van der Waals surface area contributed by atoms with Gasteiger partial charge < -0.3 is 10.3 Å². The van der Waals surface area contributed by atoms with E-state index in [2.05, 4.69) is 22.0 Å². The van der Waals surface area contributed by atoms with Gasteiger partial charge in [-0.25, -0.2) is 0 Å². The minimum atomic E-state index is -4.49. The molecule has 7 heteroatoms. The van der Waals surface area contributed by atoms with Crippen LogP contribution >= 0.6 is 15.9 Å². The summed E-state index contributed by atoms with van der Waals surface area (Å²) in [5.41, 5.74) is 6.85. The summed E-state index contributed by atoms with van der Waals surface area (Å²) >= 11 is 3.37. The molecule has 0 spiro atoms. The van der Waals surface area contributed by atoms with Gasteiger partial charge in [-0.1, -0.05) is 34.1 Å². The van der Waals surface area contributed by atoms with Gasteiger partial charge in [-0.2, -0.15) is 13.2 Å². The molecule has 0 aliphatic carbocycles. The average molecular weight is 446 g/mol. The number of nitrogens with two attached hydrogens (primary N) is 1. The van der Waals surface area contributed by atoms with E-state index < -0.39 is 17.6 Å². The smallest absolute Gasteiger partial charge is 0.366 e. The van der Waals surface area contributed by atoms with Gasteiger partial charge in [0.25, 0.3) is 0 Å². The Hall–Kier alpha value is -2.80. The summed E-state index contributed by atoms with van der Waals surface area (Å²) in [5, 5.41) is 0.949. The van der Waals surface area contributed by atoms with Gasteiger partial charge in [-0.3, -0.25) is 4.79 Å². The molecule has 1 aromatic heterocycles. The molecular formula is C21H13BrF3N2O. The highest BCUT2D eigenvalue weighted by atomic mass is 79.9. The molecule has 1 heterocycles. The van der Waals surface area contributed by atoms with Crippen LogP contribution < -0.4 is 5.73 Å². The summed E-state index contributed by atoms with van der Waals surface area (Å²) in [7, 11) is 0. The first-order valence-electron chi connectivity index (χ1n) is 8.34. The number of carbonyl (C=O) groups excluding carboxylic acids is 1. The summed E-state index contributed by atoms with van der Waals surface area (Å²) in [6.45, 7) is 0.338. The van der Waals surface area contributed by atoms with Gasteiger partial charge in [0, 0.05) is 27.4 Å². The van der Waals surface area contributed by atoms with Gasteiger partial charge in [0.2, 0.25) is 5.91 Å². The van der Waals surface area contributed by atoms with Gasteiger partial charge >= 0.3 is 6.18 Å². The van der Waals surface area contributed by atoms with Gasteiger partial charge in [0.1, 0.15) is 0 Å². The number of primary amides is 1. The first kappa shape index (κ1) is 18.6. The highest BCUT2D eigenvalue weighted by Gasteiger charge is 2.31. The van der Waals surface area contributed by atoms with Gasteiger partial charge in [0.05, 0.1) is 16.6 Å². The van der Waals surface area contributed by atoms with Crippen molar-refractivity contribution in [2.75, 3.05) is 0 Å². The number of hydrogen-bond acceptors (Lipinski definition) is 1. The Morgan fingerprint density at radius 3 is 2.46 bits per heavy atom. The van der Waals surface area contributed by atoms with Crippen LogP contribution in [0.25, 0.3) is 21.8 Å². The number of hydrogen-bond donors (Lipinski definition) is 1. The molecule has 1 amide bonds. The van der Waals surface area contributed by atoms with E-state index >= 15 is 0 Å². The molecule has 1 radical (unpaired) electrons. The highest BCUT2D eigenvalue weighted by molar-refractivity contribution is 9.10. The molecule has 28 heavy (non-hydrogen) atoms. The fraction of sp³-hybridized carbons (Fsp3) is 0.0952. The Balaban J connectivity index is 2.04. The van der Waals surface area contributed by atoms with Crippen LogP contribution in [0.15, 0.2) is 59.1 Å². The fourth-order valence-corrected chi connectivity index (χ4v) is 3.63. The fourth-order valence-electron chi connectivity index (χ4n) is 3.37. The Morgan fingerprint density at radius 2 is 1.82 bits per heavy atom. The van der Waals surface area contributed by atoms with Crippen molar-refractivity contribution in [1.29, 1.82) is 0 Å². The van der Waals surface area contributed by atoms with Crippen molar-refractivity contribution in [3.05, 3.63) is 81.8 Å². The molecule has 0 saturated carbocycles. The predicted molar refractivity (Wildman–Crippen MR) is 105 cm³/mol. The summed E-state index contributed by atoms with van der Waals surface area (Å²) < 4.78 is 42.5. The van der Waals surface area contributed by atoms with Crippen LogP contribution in [0.2, 0.25) is 0 Å². The Labute approximate surface area is 166 Å². The van der Waals surface area contributed by atoms with Crippen molar-refractivity contribution >= 4 is 43.6 Å². The predicted octanol–water partition coefficient (Wildman–Crippen LogP) is 5.52. The number of carbonyl (C=O) groups is 1. The van der Waals surface area contributed by atoms with Crippen molar-refractivity contribution in [3.8, 4) is 0 Å². The van der Waals surface area contributed by atoms with Crippen molar-refractivity contribution in [1.82, 2.24) is 4.57 Å². The van der Waals surface area contributed by atoms with Crippen LogP contribution in [-0.2, 0) is 12.7 Å². The normalized spacial score (nSPS) is 12.0. The van der Waals surface area contributed by atoms with Crippen molar-refractivity contribution in [2.24, 2.45) is 5.73 Å². The topological polar surface area (TPSA) is 48.0 Å². The standard InChI is InChI=1S/C21H13BrF3N2O/c22-14-7-4-12(5-8-14)11-27-17-3-1-2-16(20(26)28)19(17)15-9-6-13(10-18(15)27)21(23,24)25/h1-8,10H,11H2,(H2,26,28). The quantitative estimate of drug-likeness (QED) is 0.443. The molecule has 3 nitrogen and oxygen atoms in total. The number of alkyl halides is 3. The second-order valence-corrected chi connectivity index (χ2v) is 7.34. The lowest BCUT2D eigenvalue weighted by atomic mass is 10.0. The van der Waals surface area contributed by atoms with Gasteiger partial charge in [-0.05, 0) is 48.0 Å². The van der Waals surface area contributed by atoms with E-state index in [1.165, 1.54) is 0 Å². The third-order valence-corrected chi connectivity index (χ3v) is 5.17. The molecule has 4 aromatic rings. The number of fused-ring (bicyclic) bond motifs is 3. The number of amides is 1. The largest absolute Gasteiger partial charge is 0.416 e. The summed E-state index contributed by atoms with van der Waals surface area (Å²) in [6.07, 6.45) is -4.49. The molecular weight excluding hydrogens is 433 g/mol. The first-order chi connectivity index (χ1) is 13.3. The average Bonchev–Trinajstić information content (AvgIpc) is 2.96. The summed E-state index contributed by atoms with van der Waals surface area (Å²) in [5.74, 6) is -0.637. The van der Waals surface area contributed by atoms with Crippen LogP contribution in [-0.4, -0.2) is 10.5 Å². The van der Waals surface area contributed by atoms with Crippen molar-refractivity contribution in [2.45, 2.75) is 12.7 Å². The molecule has 2 N–H and O–H groups in total. The third kappa shape index (κ3) is 3.16. The van der Waals surface area contributed by atoms with Gasteiger partial charge in [-0.15, -0.1) is 0 Å². The molecule has 141 valence electrons. The van der Waals surface area contributed by atoms with Crippen LogP contribution in [0.4, 0.5) is 13.2 Å². The second kappa shape index (κ2) is 6.67. The lowest BCUT2D eigenvalue weighted by Gasteiger charge is -2.10. The summed E-state index contributed by atoms with van der Waals surface area (Å²) in [6, 6.07) is 17.2. The zero-order valence-corrected chi connectivity index (χ0v) is 15.9. The first-order valence-corrected chi connectivity index (χ1v) is 9.13. The third-order valence-electron chi connectivity index (χ3n) is 4.64. The van der Waals surface area contributed by atoms with Crippen LogP contribution in [0.3, 0.4) is 0 Å². The van der Waals surface area contributed by atoms with E-state index in [9.17, 15) is 18.0 Å². The molecule has 0 bridgehead atoms. The summed E-state index contributed by atoms with van der Waals surface area (Å²) in [4.78, 5) is 11.9. The Morgan fingerprint density at radius 1 is 1.11 bits per heavy atom. The lowest BCUT2D eigenvalue weighted by molar-refractivity contribution is -0.137. The van der Waals surface area contributed by atoms with E-state index in [0.717, 1.165) is 22.2 Å². The zero-order valence-electron chi connectivity index (χ0n) is 14.3. The second-order valence-electron chi connectivity index (χ2n) is 6.42. The maximum atomic E-state index is 13.3. The number of halogens is 4. The van der Waals surface area contributed by atoms with E-state index in [0.29, 0.717) is 28.4 Å². The highest BCUT2D eigenvalue weighted by Crippen LogP contribution is 2.36. The van der Waals surface area contributed by atoms with Crippen LogP contribution in [0.5, 0.6) is 0 Å². The van der Waals surface area contributed by atoms with E-state index in [-0.39, 0.29) is 5.56 Å². The maximum absolute atomic E-state index is 13.3. The zero-order chi connectivity index (χ0) is 20.1. The molecule has 0 unspecified atom stereocenters. The molecule has 3 aromatic carbocycles. The Kier molecular flexibility index (Phi) is 4.42. The molecule has 0 fully saturated rings. The minimum absolute atomic E-state index is 0.257. The van der Waals surface area contributed by atoms with Crippen LogP contribution in [0.1, 0.15) is 21.5 Å². The van der Waals surface area contributed by atoms with E-state index in [1.54, 1.807) is 22.8 Å². The van der Waals surface area contributed by atoms with Crippen molar-refractivity contribution in [3.63, 3.8) is 0 Å². The van der Waals surface area contributed by atoms with Crippen molar-refractivity contribution < 1.29 is 18.0 Å². The number of aromatic nitrogens is 1. The lowest BCUT2D eigenvalue weighted by Crippen LogP contribution is -2.11. The van der Waals surface area contributed by atoms with E-state index in [4.69, 9.17) is 5.73 Å². The molecule has 0 aliphatic heterocycles. The minimum Gasteiger partial charge on any atom is -0.366 e. The van der Waals surface area contributed by atoms with Gasteiger partial charge in [0.15, 0.2) is 0 Å². The number of benzene rings is 3. The Bertz CT molecular complexity index is 1210. The van der Waals surface area contributed by atoms with E-state index in [1.807, 2.05) is 24.3 Å². The molecule has 0 saturated heterocycles. The SMILES string of the molecule is NC(=O)c1cccc2c1c1[c]cc(C(F)(F)F)cc1n2Cc1ccc(Br)cc1. The molecule has 0 aliphatic rings.